The number of carbonyl (C=O) groups excluding carboxylic acids is 2. The Morgan fingerprint density at radius 3 is 2.50 bits per heavy atom. The Bertz CT molecular complexity index is 1220. The number of nitrogens with zero attached hydrogens (tertiary/aromatic N) is 1. The number of benzene rings is 2. The predicted octanol–water partition coefficient (Wildman–Crippen LogP) is 4.05. The number of hydrogen-bond acceptors (Lipinski definition) is 9. The molecule has 1 aliphatic rings. The molecule has 4 N–H and O–H groups in total. The van der Waals surface area contributed by atoms with Gasteiger partial charge in [0.2, 0.25) is 5.91 Å². The quantitative estimate of drug-likeness (QED) is 0.0485. The van der Waals surface area contributed by atoms with Crippen molar-refractivity contribution in [3.05, 3.63) is 88.0 Å². The zero-order valence-corrected chi connectivity index (χ0v) is 25.1. The maximum atomic E-state index is 12.5. The minimum atomic E-state index is -0.932. The Morgan fingerprint density at radius 2 is 1.75 bits per heavy atom. The molecule has 1 saturated carbocycles. The van der Waals surface area contributed by atoms with Crippen molar-refractivity contribution in [2.75, 3.05) is 0 Å². The van der Waals surface area contributed by atoms with E-state index in [2.05, 4.69) is 10.2 Å². The molecule has 11 nitrogen and oxygen atoms in total. The summed E-state index contributed by atoms with van der Waals surface area (Å²) in [6.45, 7) is 1.13. The molecule has 1 unspecified atom stereocenters. The van der Waals surface area contributed by atoms with Crippen LogP contribution in [0, 0.1) is 22.0 Å². The zero-order valence-electron chi connectivity index (χ0n) is 25.1. The van der Waals surface area contributed by atoms with E-state index >= 15 is 0 Å². The van der Waals surface area contributed by atoms with Gasteiger partial charge in [0.1, 0.15) is 18.4 Å². The van der Waals surface area contributed by atoms with Crippen LogP contribution in [0.2, 0.25) is 0 Å². The van der Waals surface area contributed by atoms with Crippen LogP contribution in [0.15, 0.2) is 66.7 Å². The van der Waals surface area contributed by atoms with E-state index in [-0.39, 0.29) is 36.5 Å². The fourth-order valence-corrected chi connectivity index (χ4v) is 5.58. The molecule has 1 amide bonds. The Morgan fingerprint density at radius 1 is 1.05 bits per heavy atom. The monoisotopic (exact) mass is 612 g/mol. The molecule has 0 aromatic heterocycles. The average molecular weight is 613 g/mol. The fraction of sp³-hybridized carbons (Fsp3) is 0.515. The fourth-order valence-electron chi connectivity index (χ4n) is 5.58. The minimum absolute atomic E-state index is 0.0828. The van der Waals surface area contributed by atoms with Gasteiger partial charge in [0.15, 0.2) is 0 Å². The van der Waals surface area contributed by atoms with Crippen LogP contribution < -0.4 is 10.1 Å². The third-order valence-electron chi connectivity index (χ3n) is 8.05. The molecule has 240 valence electrons. The molecular weight excluding hydrogens is 568 g/mol. The lowest BCUT2D eigenvalue weighted by Crippen LogP contribution is -2.40. The van der Waals surface area contributed by atoms with Crippen molar-refractivity contribution in [1.29, 1.82) is 0 Å². The molecule has 3 rings (SSSR count). The summed E-state index contributed by atoms with van der Waals surface area (Å²) in [5.74, 6) is -1.07. The summed E-state index contributed by atoms with van der Waals surface area (Å²) in [6.07, 6.45) is 7.27. The van der Waals surface area contributed by atoms with E-state index < -0.39 is 35.4 Å². The minimum Gasteiger partial charge on any atom is -0.425 e. The van der Waals surface area contributed by atoms with Gasteiger partial charge in [-0.15, -0.1) is 10.1 Å². The smallest absolute Gasteiger partial charge is 0.333 e. The van der Waals surface area contributed by atoms with Crippen LogP contribution in [0.3, 0.4) is 0 Å². The van der Waals surface area contributed by atoms with Gasteiger partial charge in [-0.1, -0.05) is 60.7 Å². The van der Waals surface area contributed by atoms with Gasteiger partial charge in [0.25, 0.3) is 5.09 Å². The molecule has 2 aromatic carbocycles. The Labute approximate surface area is 258 Å². The second-order valence-electron chi connectivity index (χ2n) is 11.4. The van der Waals surface area contributed by atoms with Gasteiger partial charge in [0, 0.05) is 12.0 Å². The second-order valence-corrected chi connectivity index (χ2v) is 11.4. The first kappa shape index (κ1) is 34.7. The number of unbranched alkanes of at least 4 members (excludes halogenated alkanes) is 1. The average Bonchev–Trinajstić information content (AvgIpc) is 3.27. The van der Waals surface area contributed by atoms with E-state index in [9.17, 15) is 35.0 Å². The number of rotatable bonds is 18. The first-order valence-corrected chi connectivity index (χ1v) is 15.2. The molecule has 0 radical (unpaired) electrons. The van der Waals surface area contributed by atoms with Crippen LogP contribution in [-0.2, 0) is 27.5 Å². The first-order chi connectivity index (χ1) is 21.1. The van der Waals surface area contributed by atoms with Crippen LogP contribution >= 0.6 is 0 Å². The molecule has 0 spiro atoms. The van der Waals surface area contributed by atoms with Gasteiger partial charge in [-0.2, -0.15) is 0 Å². The van der Waals surface area contributed by atoms with Crippen molar-refractivity contribution < 1.29 is 39.6 Å². The van der Waals surface area contributed by atoms with Gasteiger partial charge < -0.3 is 30.2 Å². The summed E-state index contributed by atoms with van der Waals surface area (Å²) in [4.78, 5) is 39.6. The highest BCUT2D eigenvalue weighted by atomic mass is 16.9. The van der Waals surface area contributed by atoms with Crippen molar-refractivity contribution in [3.63, 3.8) is 0 Å². The van der Waals surface area contributed by atoms with Crippen molar-refractivity contribution >= 4 is 11.9 Å². The third kappa shape index (κ3) is 11.7. The number of aliphatic hydroxyl groups excluding tert-OH is 3. The molecule has 0 aliphatic heterocycles. The number of aliphatic hydroxyl groups is 3. The van der Waals surface area contributed by atoms with Crippen LogP contribution in [0.4, 0.5) is 0 Å². The number of nitrogens with one attached hydrogen (secondary N) is 1. The molecular formula is C33H44N2O9. The van der Waals surface area contributed by atoms with E-state index in [1.165, 1.54) is 24.6 Å². The number of ether oxygens (including phenoxy) is 1. The Balaban J connectivity index is 1.34. The number of amides is 1. The van der Waals surface area contributed by atoms with Crippen molar-refractivity contribution in [2.24, 2.45) is 11.8 Å². The Kier molecular flexibility index (Phi) is 14.3. The largest absolute Gasteiger partial charge is 0.425 e. The molecule has 0 heterocycles. The molecule has 0 bridgehead atoms. The van der Waals surface area contributed by atoms with E-state index in [0.29, 0.717) is 50.5 Å². The highest BCUT2D eigenvalue weighted by Gasteiger charge is 2.40. The molecule has 6 atom stereocenters. The highest BCUT2D eigenvalue weighted by molar-refractivity contribution is 5.85. The van der Waals surface area contributed by atoms with E-state index in [0.717, 1.165) is 6.42 Å². The van der Waals surface area contributed by atoms with Crippen molar-refractivity contribution in [3.8, 4) is 5.75 Å². The van der Waals surface area contributed by atoms with E-state index in [1.807, 2.05) is 42.5 Å². The molecule has 0 saturated heterocycles. The van der Waals surface area contributed by atoms with Crippen LogP contribution in [0.25, 0.3) is 0 Å². The second kappa shape index (κ2) is 18.1. The van der Waals surface area contributed by atoms with Gasteiger partial charge in [-0.3, -0.25) is 4.79 Å². The maximum absolute atomic E-state index is 12.5. The topological polar surface area (TPSA) is 168 Å². The highest BCUT2D eigenvalue weighted by Crippen LogP contribution is 2.38. The van der Waals surface area contributed by atoms with Gasteiger partial charge in [-0.25, -0.2) is 4.79 Å². The lowest BCUT2D eigenvalue weighted by molar-refractivity contribution is -0.763. The van der Waals surface area contributed by atoms with Gasteiger partial charge >= 0.3 is 5.97 Å². The number of aryl methyl sites for hydroxylation is 1. The first-order valence-electron chi connectivity index (χ1n) is 15.2. The van der Waals surface area contributed by atoms with E-state index in [4.69, 9.17) is 4.74 Å². The van der Waals surface area contributed by atoms with E-state index in [1.54, 1.807) is 12.1 Å². The summed E-state index contributed by atoms with van der Waals surface area (Å²) in [5.41, 5.74) is 1.51. The summed E-state index contributed by atoms with van der Waals surface area (Å²) >= 11 is 0. The summed E-state index contributed by atoms with van der Waals surface area (Å²) in [5, 5.41) is 43.7. The summed E-state index contributed by atoms with van der Waals surface area (Å²) in [6, 6.07) is 15.4. The van der Waals surface area contributed by atoms with Crippen LogP contribution in [0.1, 0.15) is 69.4 Å². The Hall–Kier alpha value is -3.80. The lowest BCUT2D eigenvalue weighted by atomic mass is 9.85. The number of hydrogen-bond donors (Lipinski definition) is 4. The number of allylic oxidation sites excluding steroid dienone is 2. The predicted molar refractivity (Wildman–Crippen MR) is 163 cm³/mol. The maximum Gasteiger partial charge on any atom is 0.333 e. The number of para-hydroxylation sites is 1. The van der Waals surface area contributed by atoms with Gasteiger partial charge in [-0.05, 0) is 81.8 Å². The normalized spacial score (nSPS) is 21.1. The number of esters is 1. The van der Waals surface area contributed by atoms with Crippen LogP contribution in [0.5, 0.6) is 5.75 Å². The summed E-state index contributed by atoms with van der Waals surface area (Å²) in [7, 11) is 0. The summed E-state index contributed by atoms with van der Waals surface area (Å²) < 4.78 is 5.31. The molecule has 2 aromatic rings. The third-order valence-corrected chi connectivity index (χ3v) is 8.05. The number of carbonyl (C=O) groups is 2. The SMILES string of the molecule is CC(NC(=O)CCC/C=C\C[C@@H]1[C@@H](CC[C@@H](O)CCc2ccccc2)[C@H](O)C[C@@H]1O)C(=O)Oc1ccccc1CO[N+](=O)[O-]. The molecule has 1 aliphatic carbocycles. The van der Waals surface area contributed by atoms with Gasteiger partial charge in [0.05, 0.1) is 18.3 Å². The van der Waals surface area contributed by atoms with Crippen molar-refractivity contribution in [2.45, 2.75) is 95.7 Å². The molecule has 44 heavy (non-hydrogen) atoms. The zero-order chi connectivity index (χ0) is 31.9. The molecule has 11 heteroatoms. The lowest BCUT2D eigenvalue weighted by Gasteiger charge is -2.23. The van der Waals surface area contributed by atoms with Crippen molar-refractivity contribution in [1.82, 2.24) is 5.32 Å². The molecule has 1 fully saturated rings. The van der Waals surface area contributed by atoms with Crippen LogP contribution in [-0.4, -0.2) is 56.6 Å². The standard InChI is InChI=1S/C33H44N2O9/c1-23(33(40)44-31-15-10-9-13-25(31)22-43-35(41)42)34-32(39)16-8-3-2-7-14-27-28(30(38)21-29(27)37)20-19-26(36)18-17-24-11-5-4-6-12-24/h2,4-7,9-13,15,23,26-30,36-38H,3,8,14,16-22H2,1H3,(H,34,39)/b7-2-/t23?,26-,27+,28+,29-,30+/m0/s1.